The average Bonchev–Trinajstić information content (AvgIpc) is 2.46. The second-order valence-corrected chi connectivity index (χ2v) is 5.46. The Morgan fingerprint density at radius 3 is 2.50 bits per heavy atom. The van der Waals surface area contributed by atoms with Crippen molar-refractivity contribution in [3.8, 4) is 0 Å². The molecule has 1 rings (SSSR count). The first-order valence-electron chi connectivity index (χ1n) is 7.39. The van der Waals surface area contributed by atoms with Gasteiger partial charge in [0.05, 0.1) is 12.0 Å². The van der Waals surface area contributed by atoms with E-state index in [4.69, 9.17) is 5.11 Å². The molecular weight excluding hydrogens is 260 g/mol. The minimum absolute atomic E-state index is 0.0720. The maximum Gasteiger partial charge on any atom is 0.320 e. The number of likely N-dealkylation sites (tertiary alicyclic amines) is 1. The number of carbonyl (C=O) groups excluding carboxylic acids is 1. The summed E-state index contributed by atoms with van der Waals surface area (Å²) in [6.45, 7) is 5.51. The average molecular weight is 286 g/mol. The van der Waals surface area contributed by atoms with Crippen LogP contribution in [0, 0.1) is 5.41 Å². The van der Waals surface area contributed by atoms with Gasteiger partial charge < -0.3 is 20.0 Å². The van der Waals surface area contributed by atoms with E-state index in [0.717, 1.165) is 6.42 Å². The summed E-state index contributed by atoms with van der Waals surface area (Å²) in [5, 5.41) is 18.5. The van der Waals surface area contributed by atoms with Gasteiger partial charge in [0.25, 0.3) is 0 Å². The highest BCUT2D eigenvalue weighted by atomic mass is 16.4. The number of urea groups is 1. The predicted molar refractivity (Wildman–Crippen MR) is 75.5 cm³/mol. The molecule has 0 saturated carbocycles. The van der Waals surface area contributed by atoms with Crippen molar-refractivity contribution < 1.29 is 19.8 Å². The van der Waals surface area contributed by atoms with Crippen molar-refractivity contribution in [3.63, 3.8) is 0 Å². The second-order valence-electron chi connectivity index (χ2n) is 5.46. The molecule has 0 radical (unpaired) electrons. The van der Waals surface area contributed by atoms with Crippen molar-refractivity contribution in [2.45, 2.75) is 39.5 Å². The van der Waals surface area contributed by atoms with Gasteiger partial charge in [-0.1, -0.05) is 13.8 Å². The van der Waals surface area contributed by atoms with Crippen LogP contribution in [0.15, 0.2) is 0 Å². The molecule has 1 aliphatic heterocycles. The van der Waals surface area contributed by atoms with E-state index in [1.165, 1.54) is 0 Å². The van der Waals surface area contributed by atoms with Gasteiger partial charge in [-0.05, 0) is 25.7 Å². The maximum atomic E-state index is 12.5. The van der Waals surface area contributed by atoms with E-state index < -0.39 is 11.4 Å². The molecule has 2 N–H and O–H groups in total. The zero-order valence-electron chi connectivity index (χ0n) is 12.5. The fourth-order valence-electron chi connectivity index (χ4n) is 2.80. The number of aliphatic hydroxyl groups excluding tert-OH is 1. The van der Waals surface area contributed by atoms with Crippen LogP contribution in [0.1, 0.15) is 39.5 Å². The van der Waals surface area contributed by atoms with Crippen molar-refractivity contribution in [2.75, 3.05) is 32.8 Å². The maximum absolute atomic E-state index is 12.5. The van der Waals surface area contributed by atoms with Gasteiger partial charge in [-0.15, -0.1) is 0 Å². The predicted octanol–water partition coefficient (Wildman–Crippen LogP) is 1.39. The van der Waals surface area contributed by atoms with Crippen LogP contribution in [0.3, 0.4) is 0 Å². The van der Waals surface area contributed by atoms with Crippen molar-refractivity contribution in [1.29, 1.82) is 0 Å². The number of piperidine rings is 1. The number of carboxylic acids is 1. The summed E-state index contributed by atoms with van der Waals surface area (Å²) in [6, 6.07) is -0.153. The fourth-order valence-corrected chi connectivity index (χ4v) is 2.80. The van der Waals surface area contributed by atoms with Crippen molar-refractivity contribution in [2.24, 2.45) is 5.41 Å². The van der Waals surface area contributed by atoms with Crippen LogP contribution >= 0.6 is 0 Å². The number of hydrogen-bond acceptors (Lipinski definition) is 3. The summed E-state index contributed by atoms with van der Waals surface area (Å²) in [5.74, 6) is -0.818. The second kappa shape index (κ2) is 7.47. The van der Waals surface area contributed by atoms with E-state index in [1.807, 2.05) is 13.8 Å². The van der Waals surface area contributed by atoms with Crippen molar-refractivity contribution in [3.05, 3.63) is 0 Å². The van der Waals surface area contributed by atoms with Crippen LogP contribution in [0.25, 0.3) is 0 Å². The fraction of sp³-hybridized carbons (Fsp3) is 0.857. The third-order valence-electron chi connectivity index (χ3n) is 4.11. The molecule has 1 saturated heterocycles. The Balaban J connectivity index is 2.79. The first kappa shape index (κ1) is 16.8. The molecule has 2 amide bonds. The molecule has 1 unspecified atom stereocenters. The highest BCUT2D eigenvalue weighted by molar-refractivity contribution is 5.78. The highest BCUT2D eigenvalue weighted by Gasteiger charge is 2.42. The topological polar surface area (TPSA) is 81.1 Å². The molecular formula is C14H26N2O4. The third kappa shape index (κ3) is 3.62. The Labute approximate surface area is 120 Å². The monoisotopic (exact) mass is 286 g/mol. The molecule has 1 heterocycles. The quantitative estimate of drug-likeness (QED) is 0.773. The normalized spacial score (nSPS) is 22.6. The Morgan fingerprint density at radius 1 is 1.30 bits per heavy atom. The van der Waals surface area contributed by atoms with Crippen LogP contribution in [-0.2, 0) is 4.79 Å². The van der Waals surface area contributed by atoms with E-state index in [9.17, 15) is 14.7 Å². The number of aliphatic hydroxyl groups is 1. The van der Waals surface area contributed by atoms with E-state index in [2.05, 4.69) is 0 Å². The SMILES string of the molecule is CCCN(CCO)C(=O)N1CCCC(CC)(C(=O)O)C1. The molecule has 0 aromatic carbocycles. The number of aliphatic carboxylic acids is 1. The molecule has 0 aliphatic carbocycles. The van der Waals surface area contributed by atoms with Gasteiger partial charge in [-0.25, -0.2) is 4.79 Å². The Bertz CT molecular complexity index is 342. The lowest BCUT2D eigenvalue weighted by Gasteiger charge is -2.41. The summed E-state index contributed by atoms with van der Waals surface area (Å²) in [5.41, 5.74) is -0.814. The number of hydrogen-bond donors (Lipinski definition) is 2. The number of carbonyl (C=O) groups is 2. The minimum atomic E-state index is -0.818. The molecule has 116 valence electrons. The van der Waals surface area contributed by atoms with Crippen LogP contribution in [0.2, 0.25) is 0 Å². The number of rotatable bonds is 6. The smallest absolute Gasteiger partial charge is 0.320 e. The van der Waals surface area contributed by atoms with Crippen LogP contribution in [-0.4, -0.2) is 64.8 Å². The summed E-state index contributed by atoms with van der Waals surface area (Å²) in [7, 11) is 0. The molecule has 1 atom stereocenters. The van der Waals surface area contributed by atoms with E-state index in [0.29, 0.717) is 38.9 Å². The molecule has 0 spiro atoms. The number of nitrogens with zero attached hydrogens (tertiary/aromatic N) is 2. The number of carboxylic acid groups (broad SMARTS) is 1. The van der Waals surface area contributed by atoms with E-state index >= 15 is 0 Å². The molecule has 1 fully saturated rings. The molecule has 6 nitrogen and oxygen atoms in total. The lowest BCUT2D eigenvalue weighted by Crippen LogP contribution is -2.53. The standard InChI is InChI=1S/C14H26N2O4/c1-3-7-15(9-10-17)13(20)16-8-5-6-14(4-2,11-16)12(18)19/h17H,3-11H2,1-2H3,(H,18,19). The highest BCUT2D eigenvalue weighted by Crippen LogP contribution is 2.34. The van der Waals surface area contributed by atoms with Gasteiger partial charge in [0.1, 0.15) is 0 Å². The summed E-state index contributed by atoms with van der Waals surface area (Å²) < 4.78 is 0. The van der Waals surface area contributed by atoms with Crippen LogP contribution in [0.4, 0.5) is 4.79 Å². The molecule has 6 heteroatoms. The van der Waals surface area contributed by atoms with Gasteiger partial charge in [-0.2, -0.15) is 0 Å². The molecule has 0 aromatic rings. The molecule has 20 heavy (non-hydrogen) atoms. The van der Waals surface area contributed by atoms with Crippen LogP contribution in [0.5, 0.6) is 0 Å². The van der Waals surface area contributed by atoms with Gasteiger partial charge >= 0.3 is 12.0 Å². The lowest BCUT2D eigenvalue weighted by atomic mass is 9.78. The molecule has 0 aromatic heterocycles. The minimum Gasteiger partial charge on any atom is -0.481 e. The summed E-state index contributed by atoms with van der Waals surface area (Å²) in [4.78, 5) is 27.2. The summed E-state index contributed by atoms with van der Waals surface area (Å²) >= 11 is 0. The van der Waals surface area contributed by atoms with Crippen molar-refractivity contribution in [1.82, 2.24) is 9.80 Å². The van der Waals surface area contributed by atoms with E-state index in [1.54, 1.807) is 9.80 Å². The van der Waals surface area contributed by atoms with Crippen LogP contribution < -0.4 is 0 Å². The van der Waals surface area contributed by atoms with Gasteiger partial charge in [-0.3, -0.25) is 4.79 Å². The lowest BCUT2D eigenvalue weighted by molar-refractivity contribution is -0.152. The molecule has 0 bridgehead atoms. The number of amides is 2. The zero-order valence-corrected chi connectivity index (χ0v) is 12.5. The third-order valence-corrected chi connectivity index (χ3v) is 4.11. The van der Waals surface area contributed by atoms with Crippen molar-refractivity contribution >= 4 is 12.0 Å². The molecule has 1 aliphatic rings. The largest absolute Gasteiger partial charge is 0.481 e. The van der Waals surface area contributed by atoms with Gasteiger partial charge in [0.2, 0.25) is 0 Å². The Hall–Kier alpha value is -1.30. The van der Waals surface area contributed by atoms with Gasteiger partial charge in [0, 0.05) is 26.2 Å². The summed E-state index contributed by atoms with van der Waals surface area (Å²) in [6.07, 6.45) is 2.68. The van der Waals surface area contributed by atoms with E-state index in [-0.39, 0.29) is 19.2 Å². The first-order chi connectivity index (χ1) is 9.50. The Morgan fingerprint density at radius 2 is 2.00 bits per heavy atom. The van der Waals surface area contributed by atoms with Gasteiger partial charge in [0.15, 0.2) is 0 Å². The first-order valence-corrected chi connectivity index (χ1v) is 7.39. The zero-order chi connectivity index (χ0) is 15.2. The Kier molecular flexibility index (Phi) is 6.26.